The summed E-state index contributed by atoms with van der Waals surface area (Å²) in [4.78, 5) is 54.7. The highest BCUT2D eigenvalue weighted by Gasteiger charge is 2.55. The number of rotatable bonds is 9. The summed E-state index contributed by atoms with van der Waals surface area (Å²) < 4.78 is 16.9. The number of carbonyl (C=O) groups is 4. The number of esters is 1. The van der Waals surface area contributed by atoms with Crippen LogP contribution in [0.4, 0.5) is 4.79 Å². The quantitative estimate of drug-likeness (QED) is 0.251. The van der Waals surface area contributed by atoms with Crippen molar-refractivity contribution in [2.45, 2.75) is 49.9 Å². The molecule has 0 saturated carbocycles. The number of hydrogen-bond acceptors (Lipinski definition) is 9. The Morgan fingerprint density at radius 3 is 2.14 bits per heavy atom. The summed E-state index contributed by atoms with van der Waals surface area (Å²) in [6, 6.07) is 18.4. The molecular weight excluding hydrogens is 603 g/mol. The normalized spacial score (nSPS) is 18.6. The van der Waals surface area contributed by atoms with Gasteiger partial charge in [-0.2, -0.15) is 11.3 Å². The van der Waals surface area contributed by atoms with E-state index >= 15 is 0 Å². The molecule has 230 valence electrons. The zero-order valence-electron chi connectivity index (χ0n) is 24.6. The molecule has 2 aliphatic heterocycles. The van der Waals surface area contributed by atoms with Crippen LogP contribution in [0.3, 0.4) is 0 Å². The first kappa shape index (κ1) is 31.1. The third-order valence-corrected chi connectivity index (χ3v) is 8.85. The van der Waals surface area contributed by atoms with Gasteiger partial charge in [0.05, 0.1) is 12.9 Å². The molecule has 3 aromatic rings. The standard InChI is InChI=1S/C32H33N3O7S2/c1-32(2,3)42-31(39)34-23(21-15-16-43-17-21)27(36)33-24-28(37)35-25(22(40-4)18-44-29(24)35)30(38)41-26(19-11-7-5-8-12-19)20-13-9-6-10-14-20/h5-17,23-24,26,29H,18H2,1-4H3,(H,33,36)(H,34,39)/t23?,24-,29-/m1/s1. The van der Waals surface area contributed by atoms with Crippen LogP contribution in [0, 0.1) is 0 Å². The number of nitrogens with zero attached hydrogens (tertiary/aromatic N) is 1. The maximum absolute atomic E-state index is 13.8. The number of thioether (sulfide) groups is 1. The van der Waals surface area contributed by atoms with Crippen LogP contribution in [0.2, 0.25) is 0 Å². The van der Waals surface area contributed by atoms with E-state index in [4.69, 9.17) is 14.2 Å². The van der Waals surface area contributed by atoms with Gasteiger partial charge in [0, 0.05) is 0 Å². The van der Waals surface area contributed by atoms with Gasteiger partial charge in [-0.25, -0.2) is 9.59 Å². The average molecular weight is 636 g/mol. The Balaban J connectivity index is 1.34. The molecule has 0 spiro atoms. The molecule has 44 heavy (non-hydrogen) atoms. The summed E-state index contributed by atoms with van der Waals surface area (Å²) >= 11 is 2.72. The summed E-state index contributed by atoms with van der Waals surface area (Å²) in [5, 5.41) is 8.33. The molecule has 3 amide bonds. The lowest BCUT2D eigenvalue weighted by atomic mass is 10.0. The van der Waals surface area contributed by atoms with Crippen molar-refractivity contribution >= 4 is 47.0 Å². The van der Waals surface area contributed by atoms with Gasteiger partial charge in [0.2, 0.25) is 5.91 Å². The maximum Gasteiger partial charge on any atom is 0.408 e. The topological polar surface area (TPSA) is 123 Å². The lowest BCUT2D eigenvalue weighted by Crippen LogP contribution is -2.71. The van der Waals surface area contributed by atoms with Crippen LogP contribution < -0.4 is 10.6 Å². The largest absolute Gasteiger partial charge is 0.498 e. The van der Waals surface area contributed by atoms with E-state index in [9.17, 15) is 19.2 Å². The summed E-state index contributed by atoms with van der Waals surface area (Å²) in [5.41, 5.74) is 1.33. The number of carbonyl (C=O) groups excluding carboxylic acids is 4. The summed E-state index contributed by atoms with van der Waals surface area (Å²) in [7, 11) is 1.44. The van der Waals surface area contributed by atoms with Crippen molar-refractivity contribution in [3.8, 4) is 0 Å². The molecule has 3 atom stereocenters. The van der Waals surface area contributed by atoms with Crippen LogP contribution >= 0.6 is 23.1 Å². The predicted molar refractivity (Wildman–Crippen MR) is 166 cm³/mol. The fourth-order valence-electron chi connectivity index (χ4n) is 4.89. The number of thiophene rings is 1. The van der Waals surface area contributed by atoms with Crippen molar-refractivity contribution in [1.29, 1.82) is 0 Å². The Bertz CT molecular complexity index is 1500. The summed E-state index contributed by atoms with van der Waals surface area (Å²) in [6.07, 6.45) is -1.48. The number of nitrogens with one attached hydrogen (secondary N) is 2. The molecule has 0 aliphatic carbocycles. The molecule has 1 saturated heterocycles. The van der Waals surface area contributed by atoms with Crippen molar-refractivity contribution in [2.24, 2.45) is 0 Å². The van der Waals surface area contributed by atoms with Crippen molar-refractivity contribution in [3.63, 3.8) is 0 Å². The van der Waals surface area contributed by atoms with Gasteiger partial charge in [0.25, 0.3) is 5.91 Å². The number of hydrogen-bond donors (Lipinski definition) is 2. The van der Waals surface area contributed by atoms with E-state index in [0.29, 0.717) is 11.3 Å². The Labute approximate surface area is 263 Å². The smallest absolute Gasteiger partial charge is 0.408 e. The van der Waals surface area contributed by atoms with Gasteiger partial charge >= 0.3 is 12.1 Å². The number of fused-ring (bicyclic) bond motifs is 1. The fourth-order valence-corrected chi connectivity index (χ4v) is 6.88. The molecule has 2 N–H and O–H groups in total. The number of ether oxygens (including phenoxy) is 3. The molecule has 2 aliphatic rings. The minimum Gasteiger partial charge on any atom is -0.498 e. The number of alkyl carbamates (subject to hydrolysis) is 1. The molecule has 1 aromatic heterocycles. The zero-order valence-corrected chi connectivity index (χ0v) is 26.3. The first-order chi connectivity index (χ1) is 21.1. The van der Waals surface area contributed by atoms with Crippen LogP contribution in [0.25, 0.3) is 0 Å². The third kappa shape index (κ3) is 6.76. The Kier molecular flexibility index (Phi) is 9.31. The summed E-state index contributed by atoms with van der Waals surface area (Å²) in [5.74, 6) is -1.20. The van der Waals surface area contributed by atoms with E-state index in [1.807, 2.05) is 60.7 Å². The predicted octanol–water partition coefficient (Wildman–Crippen LogP) is 4.90. The number of methoxy groups -OCH3 is 1. The van der Waals surface area contributed by atoms with Gasteiger partial charge in [-0.3, -0.25) is 14.5 Å². The van der Waals surface area contributed by atoms with E-state index in [0.717, 1.165) is 11.1 Å². The van der Waals surface area contributed by atoms with Crippen LogP contribution in [0.5, 0.6) is 0 Å². The molecular formula is C32H33N3O7S2. The lowest BCUT2D eigenvalue weighted by molar-refractivity contribution is -0.155. The van der Waals surface area contributed by atoms with E-state index < -0.39 is 53.0 Å². The molecule has 3 heterocycles. The van der Waals surface area contributed by atoms with Crippen LogP contribution in [0.15, 0.2) is 88.9 Å². The second kappa shape index (κ2) is 13.1. The van der Waals surface area contributed by atoms with E-state index in [1.54, 1.807) is 37.6 Å². The molecule has 0 radical (unpaired) electrons. The molecule has 1 fully saturated rings. The Morgan fingerprint density at radius 2 is 1.59 bits per heavy atom. The first-order valence-electron chi connectivity index (χ1n) is 13.9. The molecule has 10 nitrogen and oxygen atoms in total. The highest BCUT2D eigenvalue weighted by Crippen LogP contribution is 2.42. The SMILES string of the molecule is COC1=C(C(=O)OC(c2ccccc2)c2ccccc2)N2C(=O)[C@@H](NC(=O)C(NC(=O)OC(C)(C)C)c3ccsc3)[C@H]2SC1. The monoisotopic (exact) mass is 635 g/mol. The molecule has 0 bridgehead atoms. The van der Waals surface area contributed by atoms with Gasteiger partial charge < -0.3 is 24.8 Å². The van der Waals surface area contributed by atoms with Crippen molar-refractivity contribution in [1.82, 2.24) is 15.5 Å². The van der Waals surface area contributed by atoms with Gasteiger partial charge in [-0.15, -0.1) is 11.8 Å². The molecule has 1 unspecified atom stereocenters. The van der Waals surface area contributed by atoms with Gasteiger partial charge in [-0.1, -0.05) is 60.7 Å². The maximum atomic E-state index is 13.8. The van der Waals surface area contributed by atoms with E-state index in [1.165, 1.54) is 35.1 Å². The second-order valence-corrected chi connectivity index (χ2v) is 13.0. The minimum atomic E-state index is -1.08. The van der Waals surface area contributed by atoms with Gasteiger partial charge in [0.1, 0.15) is 28.8 Å². The van der Waals surface area contributed by atoms with Crippen molar-refractivity contribution in [2.75, 3.05) is 12.9 Å². The zero-order chi connectivity index (χ0) is 31.4. The Morgan fingerprint density at radius 1 is 0.955 bits per heavy atom. The van der Waals surface area contributed by atoms with Crippen LogP contribution in [-0.2, 0) is 28.6 Å². The summed E-state index contributed by atoms with van der Waals surface area (Å²) in [6.45, 7) is 5.17. The van der Waals surface area contributed by atoms with E-state index in [2.05, 4.69) is 10.6 Å². The second-order valence-electron chi connectivity index (χ2n) is 11.1. The lowest BCUT2D eigenvalue weighted by Gasteiger charge is -2.49. The minimum absolute atomic E-state index is 0.00451. The number of β-lactam (4-membered cyclic amide) rings is 1. The molecule has 2 aromatic carbocycles. The van der Waals surface area contributed by atoms with Crippen molar-refractivity contribution in [3.05, 3.63) is 106 Å². The van der Waals surface area contributed by atoms with Gasteiger partial charge in [0.15, 0.2) is 11.8 Å². The van der Waals surface area contributed by atoms with Crippen LogP contribution in [0.1, 0.15) is 49.6 Å². The number of benzene rings is 2. The van der Waals surface area contributed by atoms with Gasteiger partial charge in [-0.05, 0) is 54.3 Å². The Hall–Kier alpha value is -4.29. The third-order valence-electron chi connectivity index (χ3n) is 6.90. The first-order valence-corrected chi connectivity index (χ1v) is 15.9. The van der Waals surface area contributed by atoms with Crippen LogP contribution in [-0.4, -0.2) is 58.7 Å². The van der Waals surface area contributed by atoms with Crippen molar-refractivity contribution < 1.29 is 33.4 Å². The highest BCUT2D eigenvalue weighted by atomic mass is 32.2. The molecule has 5 rings (SSSR count). The number of amides is 3. The average Bonchev–Trinajstić information content (AvgIpc) is 3.55. The molecule has 12 heteroatoms. The fraction of sp³-hybridized carbons (Fsp3) is 0.312. The highest BCUT2D eigenvalue weighted by molar-refractivity contribution is 8.00. The van der Waals surface area contributed by atoms with E-state index in [-0.39, 0.29) is 11.4 Å².